The van der Waals surface area contributed by atoms with Crippen LogP contribution in [0.15, 0.2) is 5.18 Å². The molecule has 0 aromatic carbocycles. The van der Waals surface area contributed by atoms with Gasteiger partial charge in [0.2, 0.25) is 0 Å². The fraction of sp³-hybridized carbons (Fsp3) is 0.500. The van der Waals surface area contributed by atoms with E-state index in [0.717, 1.165) is 0 Å². The first-order valence-corrected chi connectivity index (χ1v) is 2.73. The minimum absolute atomic E-state index is 1.20. The van der Waals surface area contributed by atoms with E-state index < -0.39 is 10.5 Å². The Labute approximate surface area is 66.6 Å². The number of nitroso groups, excluding NO2 is 1. The Morgan fingerprint density at radius 3 is 1.70 bits per heavy atom. The van der Waals surface area contributed by atoms with Crippen LogP contribution in [-0.2, 0) is 0 Å². The highest BCUT2D eigenvalue weighted by molar-refractivity contribution is 9.18. The lowest BCUT2D eigenvalue weighted by Crippen LogP contribution is -1.95. The van der Waals surface area contributed by atoms with Gasteiger partial charge < -0.3 is 0 Å². The fourth-order valence-electron chi connectivity index (χ4n) is 0. The third-order valence-corrected chi connectivity index (χ3v) is 0.173. The smallest absolute Gasteiger partial charge is 0.248 e. The van der Waals surface area contributed by atoms with Crippen LogP contribution in [0.4, 0.5) is 18.0 Å². The maximum atomic E-state index is 10.7. The zero-order valence-electron chi connectivity index (χ0n) is 4.15. The first-order chi connectivity index (χ1) is 4.29. The number of halogens is 5. The minimum Gasteiger partial charge on any atom is -0.248 e. The molecular weight excluding hydrogens is 242 g/mol. The molecule has 10 heavy (non-hydrogen) atoms. The Morgan fingerprint density at radius 1 is 1.60 bits per heavy atom. The Morgan fingerprint density at radius 2 is 1.70 bits per heavy atom. The van der Waals surface area contributed by atoms with Crippen LogP contribution in [-0.4, -0.2) is 10.5 Å². The van der Waals surface area contributed by atoms with Crippen molar-refractivity contribution >= 4 is 32.5 Å². The summed E-state index contributed by atoms with van der Waals surface area (Å²) < 4.78 is 31.8. The summed E-state index contributed by atoms with van der Waals surface area (Å²) in [6.45, 7) is 0. The van der Waals surface area contributed by atoms with Crippen molar-refractivity contribution in [2.75, 3.05) is 0 Å². The van der Waals surface area contributed by atoms with Gasteiger partial charge in [0, 0.05) is 21.1 Å². The number of rotatable bonds is 1. The number of hydrogen-bond donors (Lipinski definition) is 0. The molecule has 0 aliphatic carbocycles. The van der Waals surface area contributed by atoms with E-state index in [1.54, 1.807) is 0 Å². The van der Waals surface area contributed by atoms with Gasteiger partial charge in [0.15, 0.2) is 0 Å². The number of nitrogens with zero attached hydrogens (tertiary/aromatic N) is 1. The van der Waals surface area contributed by atoms with Crippen LogP contribution in [0, 0.1) is 4.91 Å². The standard InChI is InChI=1S/CBrFO.CClF2NO/c2-1(3)4;2-1(3,4)5-6. The van der Waals surface area contributed by atoms with Gasteiger partial charge in [-0.2, -0.15) is 13.2 Å². The van der Waals surface area contributed by atoms with Crippen molar-refractivity contribution in [2.24, 2.45) is 5.18 Å². The molecule has 8 heteroatoms. The van der Waals surface area contributed by atoms with Gasteiger partial charge in [-0.05, 0) is 11.6 Å². The second-order valence-corrected chi connectivity index (χ2v) is 1.86. The summed E-state index contributed by atoms with van der Waals surface area (Å²) in [7, 11) is 0. The molecule has 3 nitrogen and oxygen atoms in total. The average molecular weight is 242 g/mol. The van der Waals surface area contributed by atoms with Gasteiger partial charge in [0.05, 0.1) is 0 Å². The van der Waals surface area contributed by atoms with Gasteiger partial charge in [-0.3, -0.25) is 0 Å². The van der Waals surface area contributed by atoms with E-state index in [0.29, 0.717) is 0 Å². The van der Waals surface area contributed by atoms with Gasteiger partial charge >= 0.3 is 10.5 Å². The van der Waals surface area contributed by atoms with E-state index in [-0.39, 0.29) is 0 Å². The summed E-state index contributed by atoms with van der Waals surface area (Å²) in [5.41, 5.74) is -3.92. The Bertz CT molecular complexity index is 122. The molecule has 0 unspecified atom stereocenters. The molecule has 0 saturated heterocycles. The molecule has 0 aliphatic heterocycles. The van der Waals surface area contributed by atoms with Gasteiger partial charge in [0.25, 0.3) is 0 Å². The summed E-state index contributed by atoms with van der Waals surface area (Å²) in [5.74, 6) is 0. The van der Waals surface area contributed by atoms with Crippen molar-refractivity contribution in [1.82, 2.24) is 0 Å². The van der Waals surface area contributed by atoms with E-state index in [2.05, 4.69) is 11.6 Å². The second-order valence-electron chi connectivity index (χ2n) is 0.785. The summed E-state index contributed by atoms with van der Waals surface area (Å²) >= 11 is 5.87. The SMILES string of the molecule is O=C(F)Br.O=NC(F)(F)Cl. The lowest BCUT2D eigenvalue weighted by Gasteiger charge is -1.87. The van der Waals surface area contributed by atoms with E-state index in [4.69, 9.17) is 9.70 Å². The molecule has 60 valence electrons. The van der Waals surface area contributed by atoms with Gasteiger partial charge in [0.1, 0.15) is 0 Å². The molecule has 0 amide bonds. The zero-order valence-corrected chi connectivity index (χ0v) is 6.50. The third kappa shape index (κ3) is 45.6. The average Bonchev–Trinajstić information content (AvgIpc) is 1.63. The van der Waals surface area contributed by atoms with Gasteiger partial charge in [-0.25, -0.2) is 4.79 Å². The minimum atomic E-state index is -3.92. The van der Waals surface area contributed by atoms with Crippen molar-refractivity contribution in [2.45, 2.75) is 5.51 Å². The molecule has 0 atom stereocenters. The lowest BCUT2D eigenvalue weighted by atomic mass is 11.3. The predicted molar refractivity (Wildman–Crippen MR) is 32.0 cm³/mol. The Kier molecular flexibility index (Phi) is 7.00. The molecule has 0 spiro atoms. The van der Waals surface area contributed by atoms with E-state index in [9.17, 15) is 13.2 Å². The number of carbonyl (C=O) groups excluding carboxylic acids is 1. The first kappa shape index (κ1) is 12.5. The van der Waals surface area contributed by atoms with Gasteiger partial charge in [-0.15, -0.1) is 4.91 Å². The molecule has 0 N–H and O–H groups in total. The van der Waals surface area contributed by atoms with Crippen LogP contribution in [0.3, 0.4) is 0 Å². The molecule has 0 bridgehead atoms. The van der Waals surface area contributed by atoms with Crippen LogP contribution in [0.25, 0.3) is 0 Å². The summed E-state index contributed by atoms with van der Waals surface area (Å²) in [5, 5.41) is 1.20. The highest BCUT2D eigenvalue weighted by Crippen LogP contribution is 2.18. The summed E-state index contributed by atoms with van der Waals surface area (Å²) in [4.78, 5) is 15.9. The van der Waals surface area contributed by atoms with Crippen LogP contribution >= 0.6 is 27.5 Å². The van der Waals surface area contributed by atoms with Crippen molar-refractivity contribution in [3.63, 3.8) is 0 Å². The predicted octanol–water partition coefficient (Wildman–Crippen LogP) is 3.01. The maximum Gasteiger partial charge on any atom is 0.459 e. The van der Waals surface area contributed by atoms with Crippen LogP contribution < -0.4 is 0 Å². The van der Waals surface area contributed by atoms with Crippen molar-refractivity contribution in [1.29, 1.82) is 0 Å². The summed E-state index contributed by atoms with van der Waals surface area (Å²) in [6.07, 6.45) is 0. The maximum absolute atomic E-state index is 10.7. The molecule has 0 heterocycles. The zero-order chi connectivity index (χ0) is 8.78. The normalized spacial score (nSPS) is 9.30. The third-order valence-electron chi connectivity index (χ3n) is 0.104. The molecule has 0 aromatic rings. The van der Waals surface area contributed by atoms with Crippen LogP contribution in [0.1, 0.15) is 0 Å². The molecule has 0 fully saturated rings. The van der Waals surface area contributed by atoms with Crippen molar-refractivity contribution < 1.29 is 18.0 Å². The topological polar surface area (TPSA) is 46.5 Å². The molecule has 0 rings (SSSR count). The Hall–Kier alpha value is -0.170. The number of hydrogen-bond acceptors (Lipinski definition) is 3. The largest absolute Gasteiger partial charge is 0.459 e. The molecule has 0 aliphatic rings. The highest BCUT2D eigenvalue weighted by Gasteiger charge is 2.24. The van der Waals surface area contributed by atoms with Crippen molar-refractivity contribution in [3.8, 4) is 0 Å². The van der Waals surface area contributed by atoms with Crippen LogP contribution in [0.5, 0.6) is 0 Å². The quantitative estimate of drug-likeness (QED) is 0.307. The molecule has 0 saturated carbocycles. The van der Waals surface area contributed by atoms with E-state index >= 15 is 0 Å². The van der Waals surface area contributed by atoms with Crippen molar-refractivity contribution in [3.05, 3.63) is 4.91 Å². The highest BCUT2D eigenvalue weighted by atomic mass is 79.9. The van der Waals surface area contributed by atoms with Crippen LogP contribution in [0.2, 0.25) is 0 Å². The molecule has 0 radical (unpaired) electrons. The monoisotopic (exact) mass is 241 g/mol. The Balaban J connectivity index is 0. The summed E-state index contributed by atoms with van der Waals surface area (Å²) in [6, 6.07) is 0. The lowest BCUT2D eigenvalue weighted by molar-refractivity contribution is 0.105. The fourth-order valence-corrected chi connectivity index (χ4v) is 0. The molecular formula is C2BrClF3NO2. The van der Waals surface area contributed by atoms with Gasteiger partial charge in [-0.1, -0.05) is 0 Å². The first-order valence-electron chi connectivity index (χ1n) is 1.56. The second kappa shape index (κ2) is 5.60. The number of carbonyl (C=O) groups is 1. The number of alkyl halides is 3. The van der Waals surface area contributed by atoms with E-state index in [1.165, 1.54) is 5.18 Å². The van der Waals surface area contributed by atoms with E-state index in [1.807, 2.05) is 15.9 Å². The molecule has 0 aromatic heterocycles.